The molecule has 1 aromatic heterocycles. The van der Waals surface area contributed by atoms with E-state index in [9.17, 15) is 0 Å². The van der Waals surface area contributed by atoms with Gasteiger partial charge in [-0.2, -0.15) is 0 Å². The number of para-hydroxylation sites is 3. The van der Waals surface area contributed by atoms with Gasteiger partial charge in [-0.3, -0.25) is 0 Å². The van der Waals surface area contributed by atoms with E-state index in [0.717, 1.165) is 44.4 Å². The van der Waals surface area contributed by atoms with Crippen molar-refractivity contribution in [3.63, 3.8) is 0 Å². The first kappa shape index (κ1) is 36.4. The first-order valence-electron chi connectivity index (χ1n) is 21.8. The zero-order chi connectivity index (χ0) is 41.7. The molecule has 12 rings (SSSR count). The summed E-state index contributed by atoms with van der Waals surface area (Å²) in [7, 11) is 0. The Kier molecular flexibility index (Phi) is 7.96. The molecule has 296 valence electrons. The Labute approximate surface area is 363 Å². The number of fused-ring (bicyclic) bond motifs is 9. The van der Waals surface area contributed by atoms with Crippen molar-refractivity contribution in [2.24, 2.45) is 0 Å². The average Bonchev–Trinajstić information content (AvgIpc) is 3.89. The molecule has 0 N–H and O–H groups in total. The molecule has 0 bridgehead atoms. The fourth-order valence-corrected chi connectivity index (χ4v) is 10.7. The molecule has 0 radical (unpaired) electrons. The molecule has 62 heavy (non-hydrogen) atoms. The highest BCUT2D eigenvalue weighted by Crippen LogP contribution is 2.59. The molecule has 0 fully saturated rings. The summed E-state index contributed by atoms with van der Waals surface area (Å²) in [6.45, 7) is 9.62. The van der Waals surface area contributed by atoms with E-state index in [1.807, 2.05) is 6.07 Å². The number of furan rings is 1. The zero-order valence-electron chi connectivity index (χ0n) is 35.4. The summed E-state index contributed by atoms with van der Waals surface area (Å²) in [6.07, 6.45) is 0. The summed E-state index contributed by atoms with van der Waals surface area (Å²) >= 11 is 0. The minimum absolute atomic E-state index is 0.108. The van der Waals surface area contributed by atoms with Gasteiger partial charge in [0, 0.05) is 38.5 Å². The molecule has 0 saturated heterocycles. The van der Waals surface area contributed by atoms with E-state index in [1.54, 1.807) is 0 Å². The van der Waals surface area contributed by atoms with Gasteiger partial charge in [-0.25, -0.2) is 0 Å². The van der Waals surface area contributed by atoms with Gasteiger partial charge in [-0.05, 0) is 127 Å². The van der Waals surface area contributed by atoms with Gasteiger partial charge in [-0.15, -0.1) is 0 Å². The standard InChI is InChI=1S/C60H45NO/c1-59(2)52-24-13-11-20-46(52)49-36-54-50(37-53(49)59)51-34-42(40-26-28-41(29-27-40)45-22-15-23-48-47-21-12-14-25-56(47)62-58(45)48)35-55(57(51)60(54,3)4)61(43-18-9-6-10-19-43)44-32-30-39(31-33-44)38-16-7-5-8-17-38/h5-37H,1-4H3. The lowest BCUT2D eigenvalue weighted by atomic mass is 9.78. The van der Waals surface area contributed by atoms with Crippen molar-refractivity contribution in [2.75, 3.05) is 4.90 Å². The SMILES string of the molecule is CC1(C)c2ccccc2-c2cc3c(cc21)-c1cc(-c2ccc(-c4cccc5c4oc4ccccc45)cc2)cc(N(c2ccccc2)c2ccc(-c4ccccc4)cc2)c1C3(C)C. The number of nitrogens with zero attached hydrogens (tertiary/aromatic N) is 1. The molecular weight excluding hydrogens is 751 g/mol. The molecule has 2 nitrogen and oxygen atoms in total. The van der Waals surface area contributed by atoms with Crippen LogP contribution in [0.1, 0.15) is 49.9 Å². The molecule has 0 atom stereocenters. The molecule has 9 aromatic carbocycles. The zero-order valence-corrected chi connectivity index (χ0v) is 35.4. The van der Waals surface area contributed by atoms with E-state index >= 15 is 0 Å². The van der Waals surface area contributed by atoms with Crippen molar-refractivity contribution >= 4 is 39.0 Å². The highest BCUT2D eigenvalue weighted by atomic mass is 16.3. The molecule has 0 spiro atoms. The van der Waals surface area contributed by atoms with Gasteiger partial charge in [-0.1, -0.05) is 173 Å². The minimum atomic E-state index is -0.290. The summed E-state index contributed by atoms with van der Waals surface area (Å²) in [5.74, 6) is 0. The molecule has 2 aliphatic carbocycles. The fourth-order valence-electron chi connectivity index (χ4n) is 10.7. The molecule has 2 heteroatoms. The van der Waals surface area contributed by atoms with Crippen LogP contribution in [0.4, 0.5) is 17.1 Å². The summed E-state index contributed by atoms with van der Waals surface area (Å²) in [6, 6.07) is 73.4. The van der Waals surface area contributed by atoms with Crippen molar-refractivity contribution in [3.05, 3.63) is 222 Å². The highest BCUT2D eigenvalue weighted by Gasteiger charge is 2.43. The molecule has 10 aromatic rings. The van der Waals surface area contributed by atoms with Gasteiger partial charge in [0.05, 0.1) is 5.69 Å². The smallest absolute Gasteiger partial charge is 0.143 e. The third kappa shape index (κ3) is 5.43. The van der Waals surface area contributed by atoms with Crippen molar-refractivity contribution < 1.29 is 4.42 Å². The summed E-state index contributed by atoms with van der Waals surface area (Å²) < 4.78 is 6.48. The van der Waals surface area contributed by atoms with Gasteiger partial charge >= 0.3 is 0 Å². The quantitative estimate of drug-likeness (QED) is 0.167. The van der Waals surface area contributed by atoms with Crippen LogP contribution in [0.5, 0.6) is 0 Å². The molecule has 0 amide bonds. The van der Waals surface area contributed by atoms with Crippen LogP contribution >= 0.6 is 0 Å². The Bertz CT molecular complexity index is 3370. The van der Waals surface area contributed by atoms with Crippen LogP contribution in [0.15, 0.2) is 205 Å². The third-order valence-electron chi connectivity index (χ3n) is 13.8. The first-order chi connectivity index (χ1) is 30.3. The number of anilines is 3. The second-order valence-electron chi connectivity index (χ2n) is 18.1. The average molecular weight is 796 g/mol. The Morgan fingerprint density at radius 1 is 0.355 bits per heavy atom. The van der Waals surface area contributed by atoms with Crippen molar-refractivity contribution in [3.8, 4) is 55.6 Å². The van der Waals surface area contributed by atoms with Gasteiger partial charge in [0.15, 0.2) is 0 Å². The van der Waals surface area contributed by atoms with Gasteiger partial charge in [0.2, 0.25) is 0 Å². The molecule has 0 aliphatic heterocycles. The molecule has 0 unspecified atom stereocenters. The predicted octanol–water partition coefficient (Wildman–Crippen LogP) is 16.7. The predicted molar refractivity (Wildman–Crippen MR) is 260 cm³/mol. The lowest BCUT2D eigenvalue weighted by Gasteiger charge is -2.33. The van der Waals surface area contributed by atoms with Gasteiger partial charge in [0.1, 0.15) is 11.2 Å². The van der Waals surface area contributed by atoms with Crippen LogP contribution in [0.3, 0.4) is 0 Å². The second-order valence-corrected chi connectivity index (χ2v) is 18.1. The van der Waals surface area contributed by atoms with E-state index in [-0.39, 0.29) is 10.8 Å². The molecular formula is C60H45NO. The number of rotatable bonds is 6. The van der Waals surface area contributed by atoms with Gasteiger partial charge < -0.3 is 9.32 Å². The van der Waals surface area contributed by atoms with Crippen LogP contribution < -0.4 is 4.90 Å². The van der Waals surface area contributed by atoms with E-state index < -0.39 is 0 Å². The summed E-state index contributed by atoms with van der Waals surface area (Å²) in [4.78, 5) is 2.48. The molecule has 0 saturated carbocycles. The van der Waals surface area contributed by atoms with Gasteiger partial charge in [0.25, 0.3) is 0 Å². The number of hydrogen-bond acceptors (Lipinski definition) is 2. The van der Waals surface area contributed by atoms with Crippen LogP contribution in [0.2, 0.25) is 0 Å². The summed E-state index contributed by atoms with van der Waals surface area (Å²) in [5, 5.41) is 2.28. The Morgan fingerprint density at radius 2 is 0.903 bits per heavy atom. The Hall–Kier alpha value is -7.42. The van der Waals surface area contributed by atoms with Crippen LogP contribution in [0, 0.1) is 0 Å². The molecule has 2 aliphatic rings. The largest absolute Gasteiger partial charge is 0.455 e. The maximum absolute atomic E-state index is 6.48. The van der Waals surface area contributed by atoms with Crippen molar-refractivity contribution in [1.82, 2.24) is 0 Å². The number of hydrogen-bond donors (Lipinski definition) is 0. The van der Waals surface area contributed by atoms with E-state index in [1.165, 1.54) is 72.4 Å². The first-order valence-corrected chi connectivity index (χ1v) is 21.8. The summed E-state index contributed by atoms with van der Waals surface area (Å²) in [5.41, 5.74) is 22.7. The maximum Gasteiger partial charge on any atom is 0.143 e. The lowest BCUT2D eigenvalue weighted by molar-refractivity contribution is 0.652. The number of benzene rings is 9. The van der Waals surface area contributed by atoms with Crippen LogP contribution in [-0.2, 0) is 10.8 Å². The second kappa shape index (κ2) is 13.5. The Balaban J connectivity index is 1.07. The molecule has 1 heterocycles. The Morgan fingerprint density at radius 3 is 1.68 bits per heavy atom. The lowest BCUT2D eigenvalue weighted by Crippen LogP contribution is -2.21. The highest BCUT2D eigenvalue weighted by molar-refractivity contribution is 6.09. The van der Waals surface area contributed by atoms with E-state index in [4.69, 9.17) is 4.42 Å². The van der Waals surface area contributed by atoms with Crippen LogP contribution in [0.25, 0.3) is 77.6 Å². The third-order valence-corrected chi connectivity index (χ3v) is 13.8. The van der Waals surface area contributed by atoms with E-state index in [2.05, 4.69) is 227 Å². The van der Waals surface area contributed by atoms with E-state index in [0.29, 0.717) is 0 Å². The minimum Gasteiger partial charge on any atom is -0.455 e. The van der Waals surface area contributed by atoms with Crippen LogP contribution in [-0.4, -0.2) is 0 Å². The maximum atomic E-state index is 6.48. The topological polar surface area (TPSA) is 16.4 Å². The fraction of sp³-hybridized carbons (Fsp3) is 0.100. The monoisotopic (exact) mass is 795 g/mol. The van der Waals surface area contributed by atoms with Crippen molar-refractivity contribution in [2.45, 2.75) is 38.5 Å². The normalized spacial score (nSPS) is 14.1. The van der Waals surface area contributed by atoms with Crippen molar-refractivity contribution in [1.29, 1.82) is 0 Å².